The van der Waals surface area contributed by atoms with E-state index in [-0.39, 0.29) is 11.4 Å². The summed E-state index contributed by atoms with van der Waals surface area (Å²) in [4.78, 5) is 24.5. The third-order valence-electron chi connectivity index (χ3n) is 5.57. The Hall–Kier alpha value is -2.31. The second-order valence-electron chi connectivity index (χ2n) is 7.59. The first-order chi connectivity index (χ1) is 14.7. The molecular formula is C18H16ClF8N3O2. The molecule has 0 radical (unpaired) electrons. The number of carbonyl (C=O) groups is 2. The van der Waals surface area contributed by atoms with Crippen LogP contribution in [0.3, 0.4) is 0 Å². The van der Waals surface area contributed by atoms with Crippen molar-refractivity contribution in [3.8, 4) is 0 Å². The summed E-state index contributed by atoms with van der Waals surface area (Å²) < 4.78 is 107. The Bertz CT molecular complexity index is 901. The Morgan fingerprint density at radius 2 is 1.75 bits per heavy atom. The van der Waals surface area contributed by atoms with Gasteiger partial charge in [-0.1, -0.05) is 17.7 Å². The molecule has 2 fully saturated rings. The predicted molar refractivity (Wildman–Crippen MR) is 94.5 cm³/mol. The predicted octanol–water partition coefficient (Wildman–Crippen LogP) is 4.32. The first-order valence-corrected chi connectivity index (χ1v) is 9.71. The van der Waals surface area contributed by atoms with Crippen molar-refractivity contribution < 1.29 is 44.7 Å². The van der Waals surface area contributed by atoms with Gasteiger partial charge >= 0.3 is 18.4 Å². The Labute approximate surface area is 181 Å². The zero-order chi connectivity index (χ0) is 24.0. The van der Waals surface area contributed by atoms with E-state index in [0.717, 1.165) is 12.1 Å². The fraction of sp³-hybridized carbons (Fsp3) is 0.556. The molecule has 0 spiro atoms. The highest BCUT2D eigenvalue weighted by Crippen LogP contribution is 2.50. The fourth-order valence-corrected chi connectivity index (χ4v) is 4.03. The molecular weight excluding hydrogens is 478 g/mol. The average Bonchev–Trinajstić information content (AvgIpc) is 2.62. The van der Waals surface area contributed by atoms with Gasteiger partial charge in [-0.05, 0) is 24.8 Å². The normalized spacial score (nSPS) is 25.1. The van der Waals surface area contributed by atoms with Gasteiger partial charge in [-0.15, -0.1) is 0 Å². The molecule has 0 unspecified atom stereocenters. The number of nitrogens with one attached hydrogen (secondary N) is 2. The number of alkyl halides is 6. The summed E-state index contributed by atoms with van der Waals surface area (Å²) in [6, 6.07) is -4.21. The summed E-state index contributed by atoms with van der Waals surface area (Å²) in [6.07, 6.45) is -10.7. The van der Waals surface area contributed by atoms with Gasteiger partial charge < -0.3 is 15.5 Å². The molecule has 14 heteroatoms. The Balaban J connectivity index is 1.90. The lowest BCUT2D eigenvalue weighted by molar-refractivity contribution is -0.207. The van der Waals surface area contributed by atoms with Crippen molar-refractivity contribution in [3.05, 3.63) is 34.4 Å². The molecule has 2 aliphatic rings. The Morgan fingerprint density at radius 1 is 1.12 bits per heavy atom. The standard InChI is InChI=1S/C18H16ClF8N3O2/c19-11-10(20)2-1-9(12(11)21)13(7-5-8(6-7)17(22,23)24)29-16(32)30-4-3-28-15(31)14(30)18(25,26)27/h1-2,7-8,13-14H,3-6H2,(H,28,31)(H,29,32)/t7-,8-,13-,14-/m0/s1. The fourth-order valence-electron chi connectivity index (χ4n) is 3.86. The number of urea groups is 1. The minimum atomic E-state index is -5.13. The molecule has 1 aliphatic carbocycles. The van der Waals surface area contributed by atoms with E-state index in [1.165, 1.54) is 0 Å². The molecule has 2 N–H and O–H groups in total. The minimum Gasteiger partial charge on any atom is -0.352 e. The van der Waals surface area contributed by atoms with E-state index in [0.29, 0.717) is 0 Å². The van der Waals surface area contributed by atoms with Crippen LogP contribution in [0.15, 0.2) is 12.1 Å². The third-order valence-corrected chi connectivity index (χ3v) is 5.92. The topological polar surface area (TPSA) is 61.4 Å². The summed E-state index contributed by atoms with van der Waals surface area (Å²) in [7, 11) is 0. The van der Waals surface area contributed by atoms with Crippen molar-refractivity contribution in [2.24, 2.45) is 11.8 Å². The SMILES string of the molecule is O=C1NCCN(C(=O)N[C@H](c2ccc(F)c(Cl)c2F)[C@H]2C[C@H](C(F)(F)F)C2)[C@@H]1C(F)(F)F. The molecule has 1 aliphatic heterocycles. The first-order valence-electron chi connectivity index (χ1n) is 9.33. The van der Waals surface area contributed by atoms with Crippen LogP contribution in [-0.2, 0) is 4.79 Å². The van der Waals surface area contributed by atoms with E-state index in [4.69, 9.17) is 11.6 Å². The van der Waals surface area contributed by atoms with E-state index in [1.807, 2.05) is 5.32 Å². The molecule has 0 aromatic heterocycles. The molecule has 5 nitrogen and oxygen atoms in total. The number of halogens is 9. The number of benzene rings is 1. The lowest BCUT2D eigenvalue weighted by Gasteiger charge is -2.43. The van der Waals surface area contributed by atoms with Crippen molar-refractivity contribution in [1.29, 1.82) is 0 Å². The zero-order valence-electron chi connectivity index (χ0n) is 16.0. The number of hydrogen-bond acceptors (Lipinski definition) is 2. The smallest absolute Gasteiger partial charge is 0.352 e. The maximum absolute atomic E-state index is 14.6. The van der Waals surface area contributed by atoms with Crippen molar-refractivity contribution in [2.75, 3.05) is 13.1 Å². The second-order valence-corrected chi connectivity index (χ2v) is 7.97. The Kier molecular flexibility index (Phi) is 6.51. The molecule has 0 bridgehead atoms. The zero-order valence-corrected chi connectivity index (χ0v) is 16.7. The van der Waals surface area contributed by atoms with E-state index >= 15 is 0 Å². The van der Waals surface area contributed by atoms with Gasteiger partial charge in [-0.25, -0.2) is 13.6 Å². The number of piperazine rings is 1. The molecule has 1 heterocycles. The highest BCUT2D eigenvalue weighted by Gasteiger charge is 2.54. The van der Waals surface area contributed by atoms with Crippen molar-refractivity contribution in [3.63, 3.8) is 0 Å². The van der Waals surface area contributed by atoms with Crippen LogP contribution in [0.25, 0.3) is 0 Å². The van der Waals surface area contributed by atoms with Gasteiger partial charge in [0, 0.05) is 18.7 Å². The van der Waals surface area contributed by atoms with E-state index in [9.17, 15) is 44.7 Å². The second kappa shape index (κ2) is 8.56. The van der Waals surface area contributed by atoms with Gasteiger partial charge in [0.25, 0.3) is 5.91 Å². The van der Waals surface area contributed by atoms with E-state index < -0.39 is 89.8 Å². The number of amides is 3. The van der Waals surface area contributed by atoms with Gasteiger partial charge in [0.2, 0.25) is 6.04 Å². The van der Waals surface area contributed by atoms with Crippen LogP contribution in [0.1, 0.15) is 24.4 Å². The molecule has 1 aromatic carbocycles. The molecule has 2 atom stereocenters. The molecule has 1 saturated carbocycles. The average molecular weight is 494 g/mol. The maximum atomic E-state index is 14.6. The molecule has 1 aromatic rings. The van der Waals surface area contributed by atoms with Crippen LogP contribution in [-0.4, -0.2) is 48.3 Å². The quantitative estimate of drug-likeness (QED) is 0.487. The number of carbonyl (C=O) groups excluding carboxylic acids is 2. The molecule has 1 saturated heterocycles. The van der Waals surface area contributed by atoms with Gasteiger partial charge in [-0.2, -0.15) is 26.3 Å². The van der Waals surface area contributed by atoms with Crippen LogP contribution in [0.4, 0.5) is 39.9 Å². The highest BCUT2D eigenvalue weighted by molar-refractivity contribution is 6.31. The maximum Gasteiger partial charge on any atom is 0.418 e. The van der Waals surface area contributed by atoms with E-state index in [2.05, 4.69) is 5.32 Å². The van der Waals surface area contributed by atoms with Gasteiger partial charge in [-0.3, -0.25) is 4.79 Å². The van der Waals surface area contributed by atoms with Gasteiger partial charge in [0.15, 0.2) is 0 Å². The van der Waals surface area contributed by atoms with Crippen LogP contribution in [0.2, 0.25) is 5.02 Å². The molecule has 32 heavy (non-hydrogen) atoms. The molecule has 3 rings (SSSR count). The van der Waals surface area contributed by atoms with Crippen molar-refractivity contribution >= 4 is 23.5 Å². The van der Waals surface area contributed by atoms with E-state index in [1.54, 1.807) is 0 Å². The number of nitrogens with zero attached hydrogens (tertiary/aromatic N) is 1. The summed E-state index contributed by atoms with van der Waals surface area (Å²) in [5.74, 6) is -6.74. The van der Waals surface area contributed by atoms with Crippen molar-refractivity contribution in [2.45, 2.75) is 37.3 Å². The third kappa shape index (κ3) is 4.71. The Morgan fingerprint density at radius 3 is 2.31 bits per heavy atom. The minimum absolute atomic E-state index is 0.175. The first kappa shape index (κ1) is 24.3. The van der Waals surface area contributed by atoms with Gasteiger partial charge in [0.1, 0.15) is 16.7 Å². The van der Waals surface area contributed by atoms with Crippen molar-refractivity contribution in [1.82, 2.24) is 15.5 Å². The summed E-state index contributed by atoms with van der Waals surface area (Å²) in [5, 5.41) is 3.11. The lowest BCUT2D eigenvalue weighted by Crippen LogP contribution is -2.65. The summed E-state index contributed by atoms with van der Waals surface area (Å²) >= 11 is 5.53. The van der Waals surface area contributed by atoms with Crippen LogP contribution >= 0.6 is 11.6 Å². The monoisotopic (exact) mass is 493 g/mol. The largest absolute Gasteiger partial charge is 0.418 e. The summed E-state index contributed by atoms with van der Waals surface area (Å²) in [5.41, 5.74) is -0.472. The summed E-state index contributed by atoms with van der Waals surface area (Å²) in [6.45, 7) is -0.837. The van der Waals surface area contributed by atoms with Gasteiger partial charge in [0.05, 0.1) is 12.0 Å². The van der Waals surface area contributed by atoms with Crippen LogP contribution in [0.5, 0.6) is 0 Å². The molecule has 3 amide bonds. The molecule has 178 valence electrons. The van der Waals surface area contributed by atoms with Crippen LogP contribution < -0.4 is 10.6 Å². The highest BCUT2D eigenvalue weighted by atomic mass is 35.5. The van der Waals surface area contributed by atoms with Crippen LogP contribution in [0, 0.1) is 23.5 Å². The number of rotatable bonds is 3. The lowest BCUT2D eigenvalue weighted by atomic mass is 9.69. The number of hydrogen-bond donors (Lipinski definition) is 2.